The summed E-state index contributed by atoms with van der Waals surface area (Å²) < 4.78 is 0. The number of benzene rings is 2. The Kier molecular flexibility index (Phi) is 3.79. The topological polar surface area (TPSA) is 40.7 Å². The molecule has 0 saturated heterocycles. The lowest BCUT2D eigenvalue weighted by Gasteiger charge is -2.18. The van der Waals surface area contributed by atoms with E-state index < -0.39 is 0 Å². The van der Waals surface area contributed by atoms with Crippen molar-refractivity contribution in [2.45, 2.75) is 12.3 Å². The maximum atomic E-state index is 4.10. The Morgan fingerprint density at radius 3 is 2.75 bits per heavy atom. The molecule has 2 N–H and O–H groups in total. The molecule has 1 heterocycles. The predicted molar refractivity (Wildman–Crippen MR) is 82.9 cm³/mol. The fraction of sp³-hybridized carbons (Fsp3) is 0.235. The van der Waals surface area contributed by atoms with E-state index in [0.29, 0.717) is 5.92 Å². The minimum atomic E-state index is 0.413. The van der Waals surface area contributed by atoms with Crippen molar-refractivity contribution in [1.82, 2.24) is 15.5 Å². The Morgan fingerprint density at radius 1 is 1.10 bits per heavy atom. The van der Waals surface area contributed by atoms with Gasteiger partial charge in [0.1, 0.15) is 0 Å². The number of aromatic amines is 1. The van der Waals surface area contributed by atoms with Gasteiger partial charge in [-0.2, -0.15) is 5.10 Å². The van der Waals surface area contributed by atoms with Crippen LogP contribution in [0.25, 0.3) is 10.9 Å². The molecule has 0 saturated carbocycles. The zero-order valence-electron chi connectivity index (χ0n) is 11.6. The molecule has 0 unspecified atom stereocenters. The SMILES string of the molecule is CNCC[C@@H](c1ccccc1)c1ccc2cn[nH]c2c1. The molecule has 0 amide bonds. The van der Waals surface area contributed by atoms with Crippen LogP contribution >= 0.6 is 0 Å². The Balaban J connectivity index is 1.99. The smallest absolute Gasteiger partial charge is 0.0653 e. The minimum Gasteiger partial charge on any atom is -0.320 e. The van der Waals surface area contributed by atoms with E-state index in [4.69, 9.17) is 0 Å². The summed E-state index contributed by atoms with van der Waals surface area (Å²) in [5, 5.41) is 11.6. The van der Waals surface area contributed by atoms with E-state index in [0.717, 1.165) is 23.9 Å². The average molecular weight is 265 g/mol. The summed E-state index contributed by atoms with van der Waals surface area (Å²) in [6.07, 6.45) is 2.95. The standard InChI is InChI=1S/C17H19N3/c1-18-10-9-16(13-5-3-2-4-6-13)14-7-8-15-12-19-20-17(15)11-14/h2-8,11-12,16,18H,9-10H2,1H3,(H,19,20)/t16-/m0/s1. The fourth-order valence-corrected chi connectivity index (χ4v) is 2.67. The molecule has 0 bridgehead atoms. The highest BCUT2D eigenvalue weighted by Gasteiger charge is 2.14. The van der Waals surface area contributed by atoms with Gasteiger partial charge in [0.25, 0.3) is 0 Å². The molecule has 1 aromatic heterocycles. The molecule has 0 aliphatic carbocycles. The van der Waals surface area contributed by atoms with Gasteiger partial charge in [0.05, 0.1) is 11.7 Å². The van der Waals surface area contributed by atoms with Crippen molar-refractivity contribution in [3.8, 4) is 0 Å². The van der Waals surface area contributed by atoms with Gasteiger partial charge in [-0.3, -0.25) is 5.10 Å². The third kappa shape index (κ3) is 2.58. The van der Waals surface area contributed by atoms with Crippen LogP contribution < -0.4 is 5.32 Å². The van der Waals surface area contributed by atoms with Crippen molar-refractivity contribution < 1.29 is 0 Å². The molecular weight excluding hydrogens is 246 g/mol. The van der Waals surface area contributed by atoms with E-state index in [1.807, 2.05) is 13.2 Å². The van der Waals surface area contributed by atoms with E-state index in [1.54, 1.807) is 0 Å². The number of hydrogen-bond acceptors (Lipinski definition) is 2. The van der Waals surface area contributed by atoms with Crippen LogP contribution in [0, 0.1) is 0 Å². The van der Waals surface area contributed by atoms with Gasteiger partial charge in [-0.1, -0.05) is 42.5 Å². The predicted octanol–water partition coefficient (Wildman–Crippen LogP) is 3.30. The number of rotatable bonds is 5. The summed E-state index contributed by atoms with van der Waals surface area (Å²) in [5.74, 6) is 0.413. The lowest BCUT2D eigenvalue weighted by Crippen LogP contribution is -2.13. The van der Waals surface area contributed by atoms with Crippen LogP contribution in [0.2, 0.25) is 0 Å². The molecular formula is C17H19N3. The first-order chi connectivity index (χ1) is 9.88. The molecule has 0 aliphatic rings. The minimum absolute atomic E-state index is 0.413. The summed E-state index contributed by atoms with van der Waals surface area (Å²) in [6.45, 7) is 1.00. The lowest BCUT2D eigenvalue weighted by atomic mass is 9.88. The van der Waals surface area contributed by atoms with E-state index in [1.165, 1.54) is 11.1 Å². The van der Waals surface area contributed by atoms with Crippen LogP contribution in [0.4, 0.5) is 0 Å². The van der Waals surface area contributed by atoms with Crippen LogP contribution in [-0.4, -0.2) is 23.8 Å². The van der Waals surface area contributed by atoms with Gasteiger partial charge in [-0.15, -0.1) is 0 Å². The van der Waals surface area contributed by atoms with Crippen molar-refractivity contribution in [1.29, 1.82) is 0 Å². The van der Waals surface area contributed by atoms with Crippen molar-refractivity contribution >= 4 is 10.9 Å². The fourth-order valence-electron chi connectivity index (χ4n) is 2.67. The Morgan fingerprint density at radius 2 is 1.95 bits per heavy atom. The van der Waals surface area contributed by atoms with E-state index >= 15 is 0 Å². The van der Waals surface area contributed by atoms with Crippen molar-refractivity contribution in [2.24, 2.45) is 0 Å². The first kappa shape index (κ1) is 12.9. The quantitative estimate of drug-likeness (QED) is 0.743. The number of nitrogens with zero attached hydrogens (tertiary/aromatic N) is 1. The molecule has 0 fully saturated rings. The van der Waals surface area contributed by atoms with Gasteiger partial charge in [-0.25, -0.2) is 0 Å². The Labute approximate surface area is 119 Å². The third-order valence-electron chi connectivity index (χ3n) is 3.75. The highest BCUT2D eigenvalue weighted by Crippen LogP contribution is 2.29. The molecule has 102 valence electrons. The van der Waals surface area contributed by atoms with Crippen molar-refractivity contribution in [3.63, 3.8) is 0 Å². The number of aromatic nitrogens is 2. The highest BCUT2D eigenvalue weighted by atomic mass is 15.1. The monoisotopic (exact) mass is 265 g/mol. The lowest BCUT2D eigenvalue weighted by molar-refractivity contribution is 0.662. The van der Waals surface area contributed by atoms with Crippen LogP contribution in [0.15, 0.2) is 54.7 Å². The van der Waals surface area contributed by atoms with Gasteiger partial charge in [0.2, 0.25) is 0 Å². The van der Waals surface area contributed by atoms with Gasteiger partial charge in [-0.05, 0) is 37.2 Å². The van der Waals surface area contributed by atoms with Crippen LogP contribution in [0.1, 0.15) is 23.5 Å². The van der Waals surface area contributed by atoms with E-state index in [2.05, 4.69) is 64.0 Å². The van der Waals surface area contributed by atoms with Crippen molar-refractivity contribution in [2.75, 3.05) is 13.6 Å². The second-order valence-electron chi connectivity index (χ2n) is 5.07. The summed E-state index contributed by atoms with van der Waals surface area (Å²) in [5.41, 5.74) is 3.80. The summed E-state index contributed by atoms with van der Waals surface area (Å²) in [4.78, 5) is 0. The maximum Gasteiger partial charge on any atom is 0.0653 e. The number of H-pyrrole nitrogens is 1. The second kappa shape index (κ2) is 5.88. The Hall–Kier alpha value is -2.13. The maximum absolute atomic E-state index is 4.10. The van der Waals surface area contributed by atoms with Gasteiger partial charge in [0, 0.05) is 11.3 Å². The number of hydrogen-bond donors (Lipinski definition) is 2. The molecule has 3 nitrogen and oxygen atoms in total. The molecule has 0 radical (unpaired) electrons. The largest absolute Gasteiger partial charge is 0.320 e. The van der Waals surface area contributed by atoms with E-state index in [-0.39, 0.29) is 0 Å². The summed E-state index contributed by atoms with van der Waals surface area (Å²) in [6, 6.07) is 17.3. The van der Waals surface area contributed by atoms with Crippen molar-refractivity contribution in [3.05, 3.63) is 65.9 Å². The first-order valence-corrected chi connectivity index (χ1v) is 7.01. The molecule has 1 atom stereocenters. The molecule has 2 aromatic carbocycles. The van der Waals surface area contributed by atoms with Gasteiger partial charge >= 0.3 is 0 Å². The molecule has 3 aromatic rings. The van der Waals surface area contributed by atoms with Crippen LogP contribution in [-0.2, 0) is 0 Å². The molecule has 3 heteroatoms. The normalized spacial score (nSPS) is 12.7. The number of fused-ring (bicyclic) bond motifs is 1. The highest BCUT2D eigenvalue weighted by molar-refractivity contribution is 5.78. The zero-order chi connectivity index (χ0) is 13.8. The molecule has 0 aliphatic heterocycles. The number of nitrogens with one attached hydrogen (secondary N) is 2. The van der Waals surface area contributed by atoms with Gasteiger partial charge in [0.15, 0.2) is 0 Å². The molecule has 3 rings (SSSR count). The van der Waals surface area contributed by atoms with Gasteiger partial charge < -0.3 is 5.32 Å². The molecule has 20 heavy (non-hydrogen) atoms. The Bertz CT molecular complexity index is 673. The van der Waals surface area contributed by atoms with Crippen LogP contribution in [0.3, 0.4) is 0 Å². The third-order valence-corrected chi connectivity index (χ3v) is 3.75. The second-order valence-corrected chi connectivity index (χ2v) is 5.07. The molecule has 0 spiro atoms. The first-order valence-electron chi connectivity index (χ1n) is 7.01. The summed E-state index contributed by atoms with van der Waals surface area (Å²) in [7, 11) is 2.00. The zero-order valence-corrected chi connectivity index (χ0v) is 11.6. The van der Waals surface area contributed by atoms with Crippen LogP contribution in [0.5, 0.6) is 0 Å². The average Bonchev–Trinajstić information content (AvgIpc) is 2.96. The van der Waals surface area contributed by atoms with E-state index in [9.17, 15) is 0 Å². The summed E-state index contributed by atoms with van der Waals surface area (Å²) >= 11 is 0.